The lowest BCUT2D eigenvalue weighted by Gasteiger charge is -2.18. The highest BCUT2D eigenvalue weighted by Crippen LogP contribution is 2.26. The number of nitrogens with zero attached hydrogens (tertiary/aromatic N) is 3. The zero-order valence-corrected chi connectivity index (χ0v) is 13.5. The van der Waals surface area contributed by atoms with Gasteiger partial charge in [0.05, 0.1) is 0 Å². The normalized spacial score (nSPS) is 14.4. The SMILES string of the molecule is CCc1cccc(CC)c1Nc1nccc(N2CCCC2)n1. The molecule has 0 atom stereocenters. The van der Waals surface area contributed by atoms with Crippen molar-refractivity contribution in [2.75, 3.05) is 23.3 Å². The summed E-state index contributed by atoms with van der Waals surface area (Å²) in [5.41, 5.74) is 3.80. The van der Waals surface area contributed by atoms with Gasteiger partial charge in [0.15, 0.2) is 0 Å². The smallest absolute Gasteiger partial charge is 0.229 e. The maximum atomic E-state index is 4.70. The van der Waals surface area contributed by atoms with E-state index in [0.717, 1.165) is 31.7 Å². The number of rotatable bonds is 5. The number of anilines is 3. The van der Waals surface area contributed by atoms with Crippen molar-refractivity contribution in [1.82, 2.24) is 9.97 Å². The monoisotopic (exact) mass is 296 g/mol. The van der Waals surface area contributed by atoms with Crippen LogP contribution in [0.3, 0.4) is 0 Å². The Bertz CT molecular complexity index is 610. The average Bonchev–Trinajstić information content (AvgIpc) is 3.10. The Kier molecular flexibility index (Phi) is 4.56. The highest BCUT2D eigenvalue weighted by Gasteiger charge is 2.14. The van der Waals surface area contributed by atoms with Gasteiger partial charge in [0.1, 0.15) is 5.82 Å². The molecule has 4 nitrogen and oxygen atoms in total. The first kappa shape index (κ1) is 14.8. The molecule has 2 aromatic rings. The van der Waals surface area contributed by atoms with Crippen LogP contribution in [0.15, 0.2) is 30.5 Å². The van der Waals surface area contributed by atoms with E-state index >= 15 is 0 Å². The molecule has 1 saturated heterocycles. The Labute approximate surface area is 132 Å². The van der Waals surface area contributed by atoms with Crippen LogP contribution < -0.4 is 10.2 Å². The summed E-state index contributed by atoms with van der Waals surface area (Å²) in [6, 6.07) is 8.48. The molecule has 1 fully saturated rings. The molecule has 0 aliphatic carbocycles. The topological polar surface area (TPSA) is 41.1 Å². The third kappa shape index (κ3) is 3.06. The highest BCUT2D eigenvalue weighted by molar-refractivity contribution is 5.64. The van der Waals surface area contributed by atoms with E-state index in [4.69, 9.17) is 4.98 Å². The van der Waals surface area contributed by atoms with E-state index in [1.807, 2.05) is 12.3 Å². The fourth-order valence-corrected chi connectivity index (χ4v) is 3.05. The third-order valence-corrected chi connectivity index (χ3v) is 4.31. The number of aryl methyl sites for hydroxylation is 2. The van der Waals surface area contributed by atoms with Gasteiger partial charge >= 0.3 is 0 Å². The Morgan fingerprint density at radius 3 is 2.36 bits per heavy atom. The molecule has 1 aromatic carbocycles. The second-order valence-electron chi connectivity index (χ2n) is 5.72. The molecule has 0 unspecified atom stereocenters. The number of para-hydroxylation sites is 1. The van der Waals surface area contributed by atoms with Crippen molar-refractivity contribution in [1.29, 1.82) is 0 Å². The molecule has 116 valence electrons. The fraction of sp³-hybridized carbons (Fsp3) is 0.444. The molecule has 0 saturated carbocycles. The van der Waals surface area contributed by atoms with E-state index in [1.165, 1.54) is 29.7 Å². The van der Waals surface area contributed by atoms with Crippen molar-refractivity contribution in [3.8, 4) is 0 Å². The molecule has 1 N–H and O–H groups in total. The van der Waals surface area contributed by atoms with Crippen LogP contribution in [0, 0.1) is 0 Å². The van der Waals surface area contributed by atoms with Crippen molar-refractivity contribution in [3.05, 3.63) is 41.6 Å². The molecule has 0 radical (unpaired) electrons. The largest absolute Gasteiger partial charge is 0.356 e. The molecular weight excluding hydrogens is 272 g/mol. The quantitative estimate of drug-likeness (QED) is 0.907. The number of benzene rings is 1. The molecule has 1 aromatic heterocycles. The standard InChI is InChI=1S/C18H24N4/c1-3-14-8-7-9-15(4-2)17(14)21-18-19-11-10-16(20-18)22-12-5-6-13-22/h7-11H,3-6,12-13H2,1-2H3,(H,19,20,21). The summed E-state index contributed by atoms with van der Waals surface area (Å²) < 4.78 is 0. The average molecular weight is 296 g/mol. The lowest BCUT2D eigenvalue weighted by Crippen LogP contribution is -2.19. The van der Waals surface area contributed by atoms with Crippen LogP contribution in [0.5, 0.6) is 0 Å². The zero-order chi connectivity index (χ0) is 15.4. The van der Waals surface area contributed by atoms with E-state index in [-0.39, 0.29) is 0 Å². The van der Waals surface area contributed by atoms with Crippen molar-refractivity contribution >= 4 is 17.5 Å². The second-order valence-corrected chi connectivity index (χ2v) is 5.72. The molecule has 0 spiro atoms. The molecule has 4 heteroatoms. The van der Waals surface area contributed by atoms with Crippen molar-refractivity contribution in [2.45, 2.75) is 39.5 Å². The Hall–Kier alpha value is -2.10. The highest BCUT2D eigenvalue weighted by atomic mass is 15.2. The van der Waals surface area contributed by atoms with E-state index in [1.54, 1.807) is 0 Å². The predicted octanol–water partition coefficient (Wildman–Crippen LogP) is 3.95. The van der Waals surface area contributed by atoms with Gasteiger partial charge in [-0.3, -0.25) is 0 Å². The van der Waals surface area contributed by atoms with Crippen LogP contribution in [0.4, 0.5) is 17.5 Å². The third-order valence-electron chi connectivity index (χ3n) is 4.31. The van der Waals surface area contributed by atoms with Gasteiger partial charge < -0.3 is 10.2 Å². The fourth-order valence-electron chi connectivity index (χ4n) is 3.05. The van der Waals surface area contributed by atoms with Crippen LogP contribution in [0.2, 0.25) is 0 Å². The minimum absolute atomic E-state index is 0.694. The lowest BCUT2D eigenvalue weighted by atomic mass is 10.0. The lowest BCUT2D eigenvalue weighted by molar-refractivity contribution is 0.929. The number of hydrogen-bond acceptors (Lipinski definition) is 4. The van der Waals surface area contributed by atoms with Crippen LogP contribution in [0.25, 0.3) is 0 Å². The molecule has 1 aliphatic rings. The van der Waals surface area contributed by atoms with E-state index < -0.39 is 0 Å². The first-order valence-corrected chi connectivity index (χ1v) is 8.27. The molecule has 3 rings (SSSR count). The summed E-state index contributed by atoms with van der Waals surface area (Å²) in [6.07, 6.45) is 6.37. The maximum Gasteiger partial charge on any atom is 0.229 e. The minimum Gasteiger partial charge on any atom is -0.356 e. The van der Waals surface area contributed by atoms with Crippen LogP contribution in [0.1, 0.15) is 37.8 Å². The van der Waals surface area contributed by atoms with Crippen LogP contribution >= 0.6 is 0 Å². The predicted molar refractivity (Wildman–Crippen MR) is 92.0 cm³/mol. The minimum atomic E-state index is 0.694. The molecule has 0 bridgehead atoms. The van der Waals surface area contributed by atoms with Crippen molar-refractivity contribution in [2.24, 2.45) is 0 Å². The molecule has 22 heavy (non-hydrogen) atoms. The number of aromatic nitrogens is 2. The van der Waals surface area contributed by atoms with Gasteiger partial charge in [-0.05, 0) is 42.9 Å². The Morgan fingerprint density at radius 1 is 1.05 bits per heavy atom. The summed E-state index contributed by atoms with van der Waals surface area (Å²) in [6.45, 7) is 6.56. The van der Waals surface area contributed by atoms with Gasteiger partial charge in [0, 0.05) is 25.0 Å². The van der Waals surface area contributed by atoms with Crippen molar-refractivity contribution < 1.29 is 0 Å². The van der Waals surface area contributed by atoms with Crippen LogP contribution in [-0.2, 0) is 12.8 Å². The number of hydrogen-bond donors (Lipinski definition) is 1. The van der Waals surface area contributed by atoms with Gasteiger partial charge in [0.25, 0.3) is 0 Å². The van der Waals surface area contributed by atoms with Gasteiger partial charge in [-0.15, -0.1) is 0 Å². The summed E-state index contributed by atoms with van der Waals surface area (Å²) in [7, 11) is 0. The van der Waals surface area contributed by atoms with Gasteiger partial charge in [-0.1, -0.05) is 32.0 Å². The van der Waals surface area contributed by atoms with E-state index in [2.05, 4.69) is 47.2 Å². The molecular formula is C18H24N4. The molecule has 0 amide bonds. The van der Waals surface area contributed by atoms with Crippen molar-refractivity contribution in [3.63, 3.8) is 0 Å². The summed E-state index contributed by atoms with van der Waals surface area (Å²) in [5.74, 6) is 1.72. The molecule has 1 aliphatic heterocycles. The first-order chi connectivity index (χ1) is 10.8. The van der Waals surface area contributed by atoms with Gasteiger partial charge in [-0.25, -0.2) is 4.98 Å². The molecule has 2 heterocycles. The summed E-state index contributed by atoms with van der Waals surface area (Å²) >= 11 is 0. The second kappa shape index (κ2) is 6.77. The zero-order valence-electron chi connectivity index (χ0n) is 13.5. The summed E-state index contributed by atoms with van der Waals surface area (Å²) in [4.78, 5) is 11.4. The van der Waals surface area contributed by atoms with Gasteiger partial charge in [-0.2, -0.15) is 4.98 Å². The Morgan fingerprint density at radius 2 is 1.73 bits per heavy atom. The first-order valence-electron chi connectivity index (χ1n) is 8.27. The van der Waals surface area contributed by atoms with Gasteiger partial charge in [0.2, 0.25) is 5.95 Å². The number of nitrogens with one attached hydrogen (secondary N) is 1. The van der Waals surface area contributed by atoms with Crippen LogP contribution in [-0.4, -0.2) is 23.1 Å². The maximum absolute atomic E-state index is 4.70. The summed E-state index contributed by atoms with van der Waals surface area (Å²) in [5, 5.41) is 3.46. The van der Waals surface area contributed by atoms with E-state index in [9.17, 15) is 0 Å². The van der Waals surface area contributed by atoms with E-state index in [0.29, 0.717) is 5.95 Å². The Balaban J connectivity index is 1.88.